The molecule has 0 fully saturated rings. The molecule has 41 heavy (non-hydrogen) atoms. The van der Waals surface area contributed by atoms with E-state index in [-0.39, 0.29) is 12.6 Å². The summed E-state index contributed by atoms with van der Waals surface area (Å²) in [6, 6.07) is 0. The third-order valence-corrected chi connectivity index (χ3v) is 8.99. The van der Waals surface area contributed by atoms with Crippen LogP contribution < -0.4 is 0 Å². The van der Waals surface area contributed by atoms with E-state index in [9.17, 15) is 0 Å². The minimum absolute atomic E-state index is 0.151. The number of alkyl halides is 2. The lowest BCUT2D eigenvalue weighted by Crippen LogP contribution is -2.28. The Morgan fingerprint density at radius 2 is 0.829 bits per heavy atom. The standard InChI is InChI=1S/C36H72Br2O3/c1-9-11-13-15-23-39-35(21-17-19-29(3)25-31(5)27-33(7)37)41-36(40-24-16-14-12-10-2)22-18-20-30(4)26-32(6)28-34(8)38/h29-36H,9-28H2,1-8H3. The second kappa shape index (κ2) is 28.3. The molecule has 8 atom stereocenters. The third kappa shape index (κ3) is 28.1. The highest BCUT2D eigenvalue weighted by molar-refractivity contribution is 9.09. The first-order valence-electron chi connectivity index (χ1n) is 17.7. The molecule has 0 amide bonds. The van der Waals surface area contributed by atoms with Crippen molar-refractivity contribution in [3.63, 3.8) is 0 Å². The molecule has 0 aliphatic rings. The highest BCUT2D eigenvalue weighted by Gasteiger charge is 2.20. The monoisotopic (exact) mass is 710 g/mol. The minimum Gasteiger partial charge on any atom is -0.353 e. The second-order valence-corrected chi connectivity index (χ2v) is 16.8. The van der Waals surface area contributed by atoms with Crippen LogP contribution in [0.25, 0.3) is 0 Å². The van der Waals surface area contributed by atoms with Crippen molar-refractivity contribution < 1.29 is 14.2 Å². The maximum Gasteiger partial charge on any atom is 0.160 e. The Kier molecular flexibility index (Phi) is 28.9. The summed E-state index contributed by atoms with van der Waals surface area (Å²) in [7, 11) is 0. The molecule has 0 saturated heterocycles. The Balaban J connectivity index is 4.98. The number of halogens is 2. The SMILES string of the molecule is CCCCCCOC(CCCC(C)CC(C)CC(C)Br)OC(CCCC(C)CC(C)CC(C)Br)OCCCCCC. The summed E-state index contributed by atoms with van der Waals surface area (Å²) in [6.45, 7) is 20.3. The van der Waals surface area contributed by atoms with Crippen LogP contribution in [-0.4, -0.2) is 35.4 Å². The van der Waals surface area contributed by atoms with Gasteiger partial charge >= 0.3 is 0 Å². The summed E-state index contributed by atoms with van der Waals surface area (Å²) in [5.74, 6) is 3.01. The minimum atomic E-state index is -0.151. The first-order valence-corrected chi connectivity index (χ1v) is 19.6. The molecule has 0 saturated carbocycles. The highest BCUT2D eigenvalue weighted by atomic mass is 79.9. The zero-order valence-electron chi connectivity index (χ0n) is 28.7. The van der Waals surface area contributed by atoms with E-state index >= 15 is 0 Å². The van der Waals surface area contributed by atoms with Crippen molar-refractivity contribution in [1.82, 2.24) is 0 Å². The molecular weight excluding hydrogens is 640 g/mol. The number of hydrogen-bond acceptors (Lipinski definition) is 3. The Morgan fingerprint density at radius 1 is 0.439 bits per heavy atom. The largest absolute Gasteiger partial charge is 0.353 e. The van der Waals surface area contributed by atoms with E-state index in [0.717, 1.165) is 75.4 Å². The maximum atomic E-state index is 6.64. The highest BCUT2D eigenvalue weighted by Crippen LogP contribution is 2.26. The first-order chi connectivity index (χ1) is 19.6. The van der Waals surface area contributed by atoms with Gasteiger partial charge in [-0.05, 0) is 87.9 Å². The summed E-state index contributed by atoms with van der Waals surface area (Å²) in [5.41, 5.74) is 0. The molecular formula is C36H72Br2O3. The summed E-state index contributed by atoms with van der Waals surface area (Å²) >= 11 is 7.45. The number of rotatable bonds is 30. The average molecular weight is 713 g/mol. The molecule has 8 unspecified atom stereocenters. The van der Waals surface area contributed by atoms with Crippen LogP contribution in [0.1, 0.15) is 171 Å². The van der Waals surface area contributed by atoms with E-state index in [4.69, 9.17) is 14.2 Å². The molecule has 0 heterocycles. The van der Waals surface area contributed by atoms with Gasteiger partial charge < -0.3 is 14.2 Å². The number of unbranched alkanes of at least 4 members (excludes halogenated alkanes) is 6. The lowest BCUT2D eigenvalue weighted by Gasteiger charge is -2.27. The van der Waals surface area contributed by atoms with E-state index in [1.165, 1.54) is 77.0 Å². The van der Waals surface area contributed by atoms with Crippen LogP contribution in [0.15, 0.2) is 0 Å². The number of ether oxygens (including phenoxy) is 3. The zero-order valence-corrected chi connectivity index (χ0v) is 31.9. The fraction of sp³-hybridized carbons (Fsp3) is 1.00. The van der Waals surface area contributed by atoms with Gasteiger partial charge in [-0.25, -0.2) is 0 Å². The summed E-state index contributed by atoms with van der Waals surface area (Å²) in [5, 5.41) is 0. The van der Waals surface area contributed by atoms with Crippen molar-refractivity contribution in [1.29, 1.82) is 0 Å². The molecule has 3 nitrogen and oxygen atoms in total. The van der Waals surface area contributed by atoms with Crippen LogP contribution in [0.5, 0.6) is 0 Å². The molecule has 5 heteroatoms. The van der Waals surface area contributed by atoms with Crippen LogP contribution in [-0.2, 0) is 14.2 Å². The average Bonchev–Trinajstić information content (AvgIpc) is 2.86. The summed E-state index contributed by atoms with van der Waals surface area (Å²) < 4.78 is 19.4. The number of hydrogen-bond donors (Lipinski definition) is 0. The van der Waals surface area contributed by atoms with Gasteiger partial charge in [0.1, 0.15) is 0 Å². The van der Waals surface area contributed by atoms with Crippen molar-refractivity contribution in [2.75, 3.05) is 13.2 Å². The third-order valence-electron chi connectivity index (χ3n) is 8.24. The molecule has 0 aromatic heterocycles. The second-order valence-electron chi connectivity index (χ2n) is 13.6. The molecule has 0 rings (SSSR count). The Morgan fingerprint density at radius 3 is 1.17 bits per heavy atom. The fourth-order valence-electron chi connectivity index (χ4n) is 6.21. The lowest BCUT2D eigenvalue weighted by atomic mass is 9.90. The smallest absolute Gasteiger partial charge is 0.160 e. The van der Waals surface area contributed by atoms with Crippen LogP contribution in [0.3, 0.4) is 0 Å². The van der Waals surface area contributed by atoms with Crippen molar-refractivity contribution >= 4 is 31.9 Å². The summed E-state index contributed by atoms with van der Waals surface area (Å²) in [4.78, 5) is 1.21. The zero-order chi connectivity index (χ0) is 30.9. The fourth-order valence-corrected chi connectivity index (χ4v) is 7.49. The van der Waals surface area contributed by atoms with Gasteiger partial charge in [-0.1, -0.05) is 139 Å². The van der Waals surface area contributed by atoms with Gasteiger partial charge in [0.25, 0.3) is 0 Å². The molecule has 0 spiro atoms. The Labute approximate surface area is 275 Å². The predicted molar refractivity (Wildman–Crippen MR) is 188 cm³/mol. The van der Waals surface area contributed by atoms with Gasteiger partial charge in [0.15, 0.2) is 12.6 Å². The predicted octanol–water partition coefficient (Wildman–Crippen LogP) is 12.9. The molecule has 0 N–H and O–H groups in total. The first kappa shape index (κ1) is 41.8. The van der Waals surface area contributed by atoms with E-state index in [1.807, 2.05) is 0 Å². The van der Waals surface area contributed by atoms with Gasteiger partial charge in [0, 0.05) is 22.9 Å². The topological polar surface area (TPSA) is 27.7 Å². The molecule has 0 radical (unpaired) electrons. The van der Waals surface area contributed by atoms with E-state index in [0.29, 0.717) is 9.65 Å². The van der Waals surface area contributed by atoms with Crippen molar-refractivity contribution in [3.8, 4) is 0 Å². The lowest BCUT2D eigenvalue weighted by molar-refractivity contribution is -0.250. The van der Waals surface area contributed by atoms with Crippen LogP contribution in [0, 0.1) is 23.7 Å². The molecule has 0 aromatic rings. The van der Waals surface area contributed by atoms with Crippen LogP contribution >= 0.6 is 31.9 Å². The van der Waals surface area contributed by atoms with Gasteiger partial charge in [0.05, 0.1) is 0 Å². The molecule has 0 aliphatic heterocycles. The molecule has 248 valence electrons. The molecule has 0 aliphatic carbocycles. The van der Waals surface area contributed by atoms with Crippen LogP contribution in [0.4, 0.5) is 0 Å². The van der Waals surface area contributed by atoms with E-state index in [1.54, 1.807) is 0 Å². The van der Waals surface area contributed by atoms with Crippen molar-refractivity contribution in [3.05, 3.63) is 0 Å². The van der Waals surface area contributed by atoms with Crippen molar-refractivity contribution in [2.45, 2.75) is 193 Å². The maximum absolute atomic E-state index is 6.64. The summed E-state index contributed by atoms with van der Waals surface area (Å²) in [6.07, 6.45) is 21.3. The Bertz CT molecular complexity index is 499. The molecule has 0 bridgehead atoms. The van der Waals surface area contributed by atoms with E-state index < -0.39 is 0 Å². The molecule has 0 aromatic carbocycles. The van der Waals surface area contributed by atoms with Gasteiger partial charge in [-0.15, -0.1) is 0 Å². The normalized spacial score (nSPS) is 18.0. The quantitative estimate of drug-likeness (QED) is 0.0422. The van der Waals surface area contributed by atoms with Gasteiger partial charge in [-0.3, -0.25) is 0 Å². The van der Waals surface area contributed by atoms with Crippen LogP contribution in [0.2, 0.25) is 0 Å². The van der Waals surface area contributed by atoms with Gasteiger partial charge in [0.2, 0.25) is 0 Å². The Hall–Kier alpha value is 0.840. The van der Waals surface area contributed by atoms with E-state index in [2.05, 4.69) is 87.2 Å². The van der Waals surface area contributed by atoms with Gasteiger partial charge in [-0.2, -0.15) is 0 Å². The van der Waals surface area contributed by atoms with Crippen molar-refractivity contribution in [2.24, 2.45) is 23.7 Å².